The Morgan fingerprint density at radius 2 is 1.43 bits per heavy atom. The van der Waals surface area contributed by atoms with Crippen LogP contribution in [0, 0.1) is 45.6 Å². The summed E-state index contributed by atoms with van der Waals surface area (Å²) >= 11 is 1.78. The number of pyridine rings is 1. The molecule has 0 fully saturated rings. The van der Waals surface area contributed by atoms with Crippen LogP contribution in [-0.4, -0.2) is 22.6 Å². The number of aromatic nitrogens is 3. The molecule has 0 bridgehead atoms. The van der Waals surface area contributed by atoms with Crippen molar-refractivity contribution in [1.29, 1.82) is 0 Å². The summed E-state index contributed by atoms with van der Waals surface area (Å²) in [5.41, 5.74) is 12.8. The zero-order valence-corrected chi connectivity index (χ0v) is 36.8. The first-order valence-corrected chi connectivity index (χ1v) is 22.9. The Balaban J connectivity index is 0.000000238. The zero-order valence-electron chi connectivity index (χ0n) is 32.6. The Labute approximate surface area is 347 Å². The molecule has 3 aromatic heterocycles. The Bertz CT molecular complexity index is 2810. The second-order valence-corrected chi connectivity index (χ2v) is 21.4. The predicted octanol–water partition coefficient (Wildman–Crippen LogP) is 13.0. The third-order valence-corrected chi connectivity index (χ3v) is 13.5. The minimum absolute atomic E-state index is 0. The number of hydrogen-bond acceptors (Lipinski definition) is 3. The summed E-state index contributed by atoms with van der Waals surface area (Å²) in [4.78, 5) is 9.68. The van der Waals surface area contributed by atoms with Crippen LogP contribution < -0.4 is 5.19 Å². The SMILES string of the molecule is C[Si](C)(C)c1ccc(-c2[c-]cccc2)nc1.Cc1cc(F)cc(C)c1-c1ccc2sc3c(-c4nc5ccccc5n4-c4c(C)cccc4C)[c-]ccc3c2c1.[Ir]. The molecular formula is C49H42FIrN3SSi-2. The Hall–Kier alpha value is -5.04. The first-order chi connectivity index (χ1) is 26.5. The van der Waals surface area contributed by atoms with Gasteiger partial charge in [-0.15, -0.1) is 54.1 Å². The maximum Gasteiger partial charge on any atom is 0.123 e. The van der Waals surface area contributed by atoms with Gasteiger partial charge in [-0.05, 0) is 118 Å². The van der Waals surface area contributed by atoms with Crippen molar-refractivity contribution in [1.82, 2.24) is 14.5 Å². The van der Waals surface area contributed by atoms with Crippen molar-refractivity contribution >= 4 is 55.8 Å². The third-order valence-electron chi connectivity index (χ3n) is 10.3. The standard InChI is InChI=1S/C35H26FN2S.C14H16NSi.Ir/c1-20-9-7-10-21(2)33(20)38-30-14-6-5-13-29(30)37-35(38)27-12-8-11-26-28-19-24(15-16-31(28)39-34(26)27)32-22(3)17-25(36)18-23(32)4;1-16(2,3)13-9-10-14(15-11-13)12-7-5-4-6-8-12;/h5-11,13-19H,1-4H3;4-7,9-11H,1-3H3;/q2*-1;. The van der Waals surface area contributed by atoms with Crippen LogP contribution in [0.4, 0.5) is 4.39 Å². The number of aryl methyl sites for hydroxylation is 4. The number of halogens is 1. The summed E-state index contributed by atoms with van der Waals surface area (Å²) in [6.45, 7) is 15.3. The van der Waals surface area contributed by atoms with E-state index in [-0.39, 0.29) is 25.9 Å². The molecule has 0 spiro atoms. The van der Waals surface area contributed by atoms with Crippen LogP contribution in [0.2, 0.25) is 19.6 Å². The van der Waals surface area contributed by atoms with Crippen molar-refractivity contribution in [3.63, 3.8) is 0 Å². The summed E-state index contributed by atoms with van der Waals surface area (Å²) in [6, 6.07) is 47.7. The second kappa shape index (κ2) is 15.8. The van der Waals surface area contributed by atoms with Gasteiger partial charge >= 0.3 is 0 Å². The van der Waals surface area contributed by atoms with Crippen LogP contribution >= 0.6 is 11.3 Å². The second-order valence-electron chi connectivity index (χ2n) is 15.3. The molecule has 0 saturated carbocycles. The van der Waals surface area contributed by atoms with Crippen molar-refractivity contribution < 1.29 is 24.5 Å². The van der Waals surface area contributed by atoms with Gasteiger partial charge in [-0.25, -0.2) is 4.39 Å². The van der Waals surface area contributed by atoms with Gasteiger partial charge in [0.2, 0.25) is 0 Å². The summed E-state index contributed by atoms with van der Waals surface area (Å²) < 4.78 is 18.7. The molecule has 0 atom stereocenters. The summed E-state index contributed by atoms with van der Waals surface area (Å²) in [5.74, 6) is 0.707. The maximum absolute atomic E-state index is 14.0. The number of imidazole rings is 1. The van der Waals surface area contributed by atoms with Crippen molar-refractivity contribution in [2.45, 2.75) is 47.3 Å². The minimum Gasteiger partial charge on any atom is -0.333 e. The summed E-state index contributed by atoms with van der Waals surface area (Å²) in [7, 11) is -1.23. The molecule has 281 valence electrons. The molecule has 3 nitrogen and oxygen atoms in total. The quantitative estimate of drug-likeness (QED) is 0.127. The van der Waals surface area contributed by atoms with E-state index in [1.807, 2.05) is 56.4 Å². The smallest absolute Gasteiger partial charge is 0.123 e. The minimum atomic E-state index is -1.23. The molecule has 6 aromatic carbocycles. The van der Waals surface area contributed by atoms with Gasteiger partial charge in [0.1, 0.15) is 5.82 Å². The molecule has 0 saturated heterocycles. The molecule has 0 aliphatic heterocycles. The first-order valence-electron chi connectivity index (χ1n) is 18.6. The van der Waals surface area contributed by atoms with Gasteiger partial charge in [-0.1, -0.05) is 79.1 Å². The van der Waals surface area contributed by atoms with E-state index in [1.54, 1.807) is 23.5 Å². The molecular weight excluding hydrogens is 902 g/mol. The van der Waals surface area contributed by atoms with E-state index in [9.17, 15) is 4.39 Å². The fraction of sp³-hybridized carbons (Fsp3) is 0.143. The molecule has 3 heterocycles. The predicted molar refractivity (Wildman–Crippen MR) is 234 cm³/mol. The number of hydrogen-bond donors (Lipinski definition) is 0. The first kappa shape index (κ1) is 39.2. The van der Waals surface area contributed by atoms with Crippen molar-refractivity contribution in [2.24, 2.45) is 0 Å². The van der Waals surface area contributed by atoms with Crippen LogP contribution in [0.15, 0.2) is 128 Å². The molecule has 9 rings (SSSR count). The summed E-state index contributed by atoms with van der Waals surface area (Å²) in [6.07, 6.45) is 2.02. The molecule has 56 heavy (non-hydrogen) atoms. The Morgan fingerprint density at radius 3 is 2.11 bits per heavy atom. The van der Waals surface area contributed by atoms with Crippen LogP contribution in [0.1, 0.15) is 22.3 Å². The number of para-hydroxylation sites is 3. The number of thiophene rings is 1. The van der Waals surface area contributed by atoms with E-state index in [2.05, 4.69) is 128 Å². The maximum atomic E-state index is 14.0. The van der Waals surface area contributed by atoms with Crippen LogP contribution in [0.5, 0.6) is 0 Å². The fourth-order valence-electron chi connectivity index (χ4n) is 7.56. The van der Waals surface area contributed by atoms with Gasteiger partial charge in [-0.3, -0.25) is 4.98 Å². The van der Waals surface area contributed by atoms with Crippen molar-refractivity contribution in [3.05, 3.63) is 168 Å². The molecule has 7 heteroatoms. The van der Waals surface area contributed by atoms with Gasteiger partial charge in [0.25, 0.3) is 0 Å². The van der Waals surface area contributed by atoms with E-state index < -0.39 is 8.07 Å². The Morgan fingerprint density at radius 1 is 0.696 bits per heavy atom. The normalized spacial score (nSPS) is 11.4. The molecule has 0 N–H and O–H groups in total. The monoisotopic (exact) mass is 944 g/mol. The number of fused-ring (bicyclic) bond motifs is 4. The number of nitrogens with zero attached hydrogens (tertiary/aromatic N) is 3. The topological polar surface area (TPSA) is 30.7 Å². The average molecular weight is 944 g/mol. The fourth-order valence-corrected chi connectivity index (χ4v) is 9.77. The van der Waals surface area contributed by atoms with Crippen molar-refractivity contribution in [3.8, 4) is 39.5 Å². The van der Waals surface area contributed by atoms with Crippen molar-refractivity contribution in [2.75, 3.05) is 0 Å². The van der Waals surface area contributed by atoms with E-state index in [0.29, 0.717) is 0 Å². The van der Waals surface area contributed by atoms with E-state index in [1.165, 1.54) is 36.5 Å². The molecule has 0 aliphatic carbocycles. The molecule has 0 aliphatic rings. The zero-order chi connectivity index (χ0) is 38.4. The van der Waals surface area contributed by atoms with Crippen LogP contribution in [-0.2, 0) is 20.1 Å². The van der Waals surface area contributed by atoms with E-state index in [4.69, 9.17) is 4.98 Å². The van der Waals surface area contributed by atoms with E-state index in [0.717, 1.165) is 61.6 Å². The largest absolute Gasteiger partial charge is 0.333 e. The number of rotatable bonds is 5. The van der Waals surface area contributed by atoms with E-state index >= 15 is 0 Å². The Kier molecular flexibility index (Phi) is 11.1. The third kappa shape index (κ3) is 7.45. The number of benzene rings is 6. The molecule has 0 unspecified atom stereocenters. The molecule has 1 radical (unpaired) electrons. The summed E-state index contributed by atoms with van der Waals surface area (Å²) in [5, 5.41) is 3.77. The molecule has 9 aromatic rings. The average Bonchev–Trinajstić information content (AvgIpc) is 3.73. The molecule has 0 amide bonds. The van der Waals surface area contributed by atoms with Crippen LogP contribution in [0.3, 0.4) is 0 Å². The van der Waals surface area contributed by atoms with Gasteiger partial charge in [0, 0.05) is 36.7 Å². The van der Waals surface area contributed by atoms with Gasteiger partial charge in [-0.2, -0.15) is 11.3 Å². The van der Waals surface area contributed by atoms with Crippen LogP contribution in [0.25, 0.3) is 70.7 Å². The van der Waals surface area contributed by atoms with Gasteiger partial charge < -0.3 is 9.55 Å². The van der Waals surface area contributed by atoms with Gasteiger partial charge in [0.05, 0.1) is 24.9 Å². The van der Waals surface area contributed by atoms with Gasteiger partial charge in [0.15, 0.2) is 0 Å².